The van der Waals surface area contributed by atoms with Gasteiger partial charge in [0.05, 0.1) is 10.0 Å². The minimum Gasteiger partial charge on any atom is -0.427 e. The molecule has 7 heteroatoms. The van der Waals surface area contributed by atoms with Crippen molar-refractivity contribution < 1.29 is 13.5 Å². The third kappa shape index (κ3) is 3.25. The van der Waals surface area contributed by atoms with Gasteiger partial charge >= 0.3 is 6.11 Å². The molecular weight excluding hydrogens is 292 g/mol. The van der Waals surface area contributed by atoms with Gasteiger partial charge in [-0.15, -0.1) is 0 Å². The van der Waals surface area contributed by atoms with Crippen molar-refractivity contribution in [1.29, 1.82) is 0 Å². The van der Waals surface area contributed by atoms with E-state index in [1.165, 1.54) is 12.1 Å². The van der Waals surface area contributed by atoms with Gasteiger partial charge in [-0.3, -0.25) is 0 Å². The number of hydrogen-bond acceptors (Lipinski definition) is 1. The molecule has 1 radical (unpaired) electrons. The van der Waals surface area contributed by atoms with E-state index in [2.05, 4.69) is 10.8 Å². The minimum atomic E-state index is -3.77. The fraction of sp³-hybridized carbons (Fsp3) is 0.250. The van der Waals surface area contributed by atoms with Crippen LogP contribution in [-0.4, -0.2) is 10.9 Å². The lowest BCUT2D eigenvalue weighted by molar-refractivity contribution is -0.163. The first-order chi connectivity index (χ1) is 6.84. The summed E-state index contributed by atoms with van der Waals surface area (Å²) in [5, 5.41) is -0.202. The molecule has 1 aromatic carbocycles. The van der Waals surface area contributed by atoms with Gasteiger partial charge in [0.25, 0.3) is 0 Å². The van der Waals surface area contributed by atoms with Gasteiger partial charge in [-0.05, 0) is 18.2 Å². The Morgan fingerprint density at radius 2 is 1.67 bits per heavy atom. The quantitative estimate of drug-likeness (QED) is 0.742. The summed E-state index contributed by atoms with van der Waals surface area (Å²) in [6.45, 7) is 0. The van der Waals surface area contributed by atoms with E-state index in [-0.39, 0.29) is 15.8 Å². The molecule has 1 nitrogen and oxygen atoms in total. The predicted molar refractivity (Wildman–Crippen MR) is 56.4 cm³/mol. The van der Waals surface area contributed by atoms with Gasteiger partial charge in [-0.2, -0.15) is 8.78 Å². The summed E-state index contributed by atoms with van der Waals surface area (Å²) < 4.78 is 30.2. The molecule has 0 atom stereocenters. The molecule has 0 fully saturated rings. The fourth-order valence-corrected chi connectivity index (χ4v) is 1.26. The van der Waals surface area contributed by atoms with Crippen LogP contribution in [0.4, 0.5) is 8.78 Å². The molecule has 0 bridgehead atoms. The number of halogens is 6. The van der Waals surface area contributed by atoms with E-state index in [0.717, 1.165) is 0 Å². The summed E-state index contributed by atoms with van der Waals surface area (Å²) in [5.74, 6) is -0.381. The monoisotopic (exact) mass is 293 g/mol. The third-order valence-electron chi connectivity index (χ3n) is 1.35. The lowest BCUT2D eigenvalue weighted by Gasteiger charge is -2.19. The zero-order chi connectivity index (χ0) is 11.6. The van der Waals surface area contributed by atoms with E-state index in [1.54, 1.807) is 0 Å². The topological polar surface area (TPSA) is 9.23 Å². The van der Waals surface area contributed by atoms with E-state index < -0.39 is 10.9 Å². The van der Waals surface area contributed by atoms with Crippen LogP contribution < -0.4 is 4.74 Å². The molecule has 0 amide bonds. The summed E-state index contributed by atoms with van der Waals surface area (Å²) in [6, 6.07) is 4.99. The number of rotatable bonds is 3. The van der Waals surface area contributed by atoms with Crippen molar-refractivity contribution in [2.75, 3.05) is 0 Å². The molecule has 0 aliphatic carbocycles. The normalized spacial score (nSPS) is 11.9. The molecule has 15 heavy (non-hydrogen) atoms. The van der Waals surface area contributed by atoms with Crippen LogP contribution in [0.15, 0.2) is 12.1 Å². The Morgan fingerprint density at radius 1 is 1.20 bits per heavy atom. The molecule has 83 valence electrons. The van der Waals surface area contributed by atoms with Crippen LogP contribution in [0.2, 0.25) is 10.0 Å². The molecular formula is C8H3Cl4F2O. The van der Waals surface area contributed by atoms with Crippen LogP contribution in [0.25, 0.3) is 0 Å². The Hall–Kier alpha value is 0.0400. The van der Waals surface area contributed by atoms with E-state index in [9.17, 15) is 8.78 Å². The van der Waals surface area contributed by atoms with E-state index >= 15 is 0 Å². The smallest absolute Gasteiger partial charge is 0.427 e. The third-order valence-corrected chi connectivity index (χ3v) is 2.42. The van der Waals surface area contributed by atoms with E-state index in [1.807, 2.05) is 0 Å². The van der Waals surface area contributed by atoms with E-state index in [4.69, 9.17) is 46.4 Å². The SMILES string of the molecule is FC(F)(Oc1c(Cl)c[c]cc1Cl)C(Cl)Cl. The summed E-state index contributed by atoms with van der Waals surface area (Å²) >= 11 is 21.2. The minimum absolute atomic E-state index is 0.101. The largest absolute Gasteiger partial charge is 0.428 e. The van der Waals surface area contributed by atoms with Crippen molar-refractivity contribution >= 4 is 46.4 Å². The molecule has 0 spiro atoms. The summed E-state index contributed by atoms with van der Waals surface area (Å²) in [7, 11) is 0. The molecule has 0 unspecified atom stereocenters. The van der Waals surface area contributed by atoms with Gasteiger partial charge in [0.2, 0.25) is 4.84 Å². The average Bonchev–Trinajstić information content (AvgIpc) is 2.11. The molecule has 0 aliphatic rings. The average molecular weight is 295 g/mol. The Kier molecular flexibility index (Phi) is 4.29. The van der Waals surface area contributed by atoms with Crippen LogP contribution >= 0.6 is 46.4 Å². The fourth-order valence-electron chi connectivity index (χ4n) is 0.711. The van der Waals surface area contributed by atoms with Crippen LogP contribution in [0, 0.1) is 6.07 Å². The van der Waals surface area contributed by atoms with Crippen LogP contribution in [-0.2, 0) is 0 Å². The first kappa shape index (κ1) is 13.1. The molecule has 0 aromatic heterocycles. The number of hydrogen-bond donors (Lipinski definition) is 0. The first-order valence-electron chi connectivity index (χ1n) is 3.54. The highest BCUT2D eigenvalue weighted by Gasteiger charge is 2.41. The highest BCUT2D eigenvalue weighted by Crippen LogP contribution is 2.38. The van der Waals surface area contributed by atoms with Crippen LogP contribution in [0.3, 0.4) is 0 Å². The zero-order valence-electron chi connectivity index (χ0n) is 6.91. The summed E-state index contributed by atoms with van der Waals surface area (Å²) in [6.07, 6.45) is -3.77. The predicted octanol–water partition coefficient (Wildman–Crippen LogP) is 4.57. The second-order valence-electron chi connectivity index (χ2n) is 2.44. The Balaban J connectivity index is 2.99. The second kappa shape index (κ2) is 4.91. The maximum Gasteiger partial charge on any atom is 0.428 e. The summed E-state index contributed by atoms with van der Waals surface area (Å²) in [5.41, 5.74) is 0. The molecule has 0 aliphatic heterocycles. The van der Waals surface area contributed by atoms with Crippen molar-refractivity contribution in [2.45, 2.75) is 10.9 Å². The van der Waals surface area contributed by atoms with Crippen molar-refractivity contribution in [3.63, 3.8) is 0 Å². The molecule has 1 rings (SSSR count). The molecule has 0 saturated heterocycles. The van der Waals surface area contributed by atoms with Gasteiger partial charge < -0.3 is 4.74 Å². The Bertz CT molecular complexity index is 336. The lowest BCUT2D eigenvalue weighted by Crippen LogP contribution is -2.32. The van der Waals surface area contributed by atoms with Crippen LogP contribution in [0.5, 0.6) is 5.75 Å². The van der Waals surface area contributed by atoms with Gasteiger partial charge in [-0.1, -0.05) is 46.4 Å². The molecule has 1 aromatic rings. The highest BCUT2D eigenvalue weighted by molar-refractivity contribution is 6.45. The van der Waals surface area contributed by atoms with Crippen molar-refractivity contribution in [3.05, 3.63) is 28.2 Å². The van der Waals surface area contributed by atoms with E-state index in [0.29, 0.717) is 0 Å². The lowest BCUT2D eigenvalue weighted by atomic mass is 10.3. The first-order valence-corrected chi connectivity index (χ1v) is 5.17. The zero-order valence-corrected chi connectivity index (χ0v) is 9.93. The molecule has 0 saturated carbocycles. The summed E-state index contributed by atoms with van der Waals surface area (Å²) in [4.78, 5) is -2.02. The van der Waals surface area contributed by atoms with Gasteiger partial charge in [0, 0.05) is 0 Å². The van der Waals surface area contributed by atoms with Crippen LogP contribution in [0.1, 0.15) is 0 Å². The second-order valence-corrected chi connectivity index (χ2v) is 4.36. The number of ether oxygens (including phenoxy) is 1. The van der Waals surface area contributed by atoms with Crippen molar-refractivity contribution in [1.82, 2.24) is 0 Å². The van der Waals surface area contributed by atoms with Crippen molar-refractivity contribution in [2.24, 2.45) is 0 Å². The van der Waals surface area contributed by atoms with Gasteiger partial charge in [0.15, 0.2) is 5.75 Å². The maximum absolute atomic E-state index is 13.0. The Morgan fingerprint density at radius 3 is 2.07 bits per heavy atom. The standard InChI is InChI=1S/C8H3Cl4F2O/c9-4-2-1-3-5(10)6(4)15-8(13,14)7(11)12/h2-3,7H. The number of benzene rings is 1. The Labute approximate surface area is 105 Å². The van der Waals surface area contributed by atoms with Crippen molar-refractivity contribution in [3.8, 4) is 5.75 Å². The number of alkyl halides is 4. The molecule has 0 heterocycles. The van der Waals surface area contributed by atoms with Gasteiger partial charge in [-0.25, -0.2) is 0 Å². The van der Waals surface area contributed by atoms with Gasteiger partial charge in [0.1, 0.15) is 0 Å². The highest BCUT2D eigenvalue weighted by atomic mass is 35.5. The maximum atomic E-state index is 13.0. The molecule has 0 N–H and O–H groups in total.